The van der Waals surface area contributed by atoms with Crippen LogP contribution in [0.25, 0.3) is 11.0 Å². The van der Waals surface area contributed by atoms with Gasteiger partial charge in [0.2, 0.25) is 0 Å². The van der Waals surface area contributed by atoms with E-state index in [2.05, 4.69) is 15.4 Å². The molecular weight excluding hydrogens is 296 g/mol. The third kappa shape index (κ3) is 2.76. The summed E-state index contributed by atoms with van der Waals surface area (Å²) in [6, 6.07) is 0. The molecule has 124 valence electrons. The highest BCUT2D eigenvalue weighted by atomic mass is 16.5. The van der Waals surface area contributed by atoms with Crippen molar-refractivity contribution in [3.05, 3.63) is 18.0 Å². The molecule has 23 heavy (non-hydrogen) atoms. The fourth-order valence-corrected chi connectivity index (χ4v) is 2.99. The van der Waals surface area contributed by atoms with Crippen LogP contribution in [-0.4, -0.2) is 45.6 Å². The summed E-state index contributed by atoms with van der Waals surface area (Å²) in [5, 5.41) is 18.0. The van der Waals surface area contributed by atoms with Crippen molar-refractivity contribution in [1.82, 2.24) is 14.8 Å². The van der Waals surface area contributed by atoms with Crippen molar-refractivity contribution in [1.29, 1.82) is 0 Å². The average Bonchev–Trinajstić information content (AvgIpc) is 2.88. The number of anilines is 1. The monoisotopic (exact) mass is 318 g/mol. The highest BCUT2D eigenvalue weighted by Crippen LogP contribution is 2.41. The second-order valence-corrected chi connectivity index (χ2v) is 6.14. The van der Waals surface area contributed by atoms with Crippen LogP contribution in [0.2, 0.25) is 0 Å². The first-order valence-corrected chi connectivity index (χ1v) is 7.93. The van der Waals surface area contributed by atoms with Crippen LogP contribution in [0.4, 0.5) is 5.69 Å². The van der Waals surface area contributed by atoms with Crippen molar-refractivity contribution < 1.29 is 14.6 Å². The van der Waals surface area contributed by atoms with Gasteiger partial charge in [-0.15, -0.1) is 0 Å². The number of nitrogens with zero attached hydrogens (tertiary/aromatic N) is 3. The number of aromatic nitrogens is 3. The predicted molar refractivity (Wildman–Crippen MR) is 86.3 cm³/mol. The molecule has 1 saturated carbocycles. The van der Waals surface area contributed by atoms with E-state index in [1.54, 1.807) is 17.8 Å². The van der Waals surface area contributed by atoms with Crippen LogP contribution in [-0.2, 0) is 11.8 Å². The van der Waals surface area contributed by atoms with Crippen LogP contribution in [0, 0.1) is 5.41 Å². The molecule has 0 bridgehead atoms. The van der Waals surface area contributed by atoms with Crippen LogP contribution in [0.1, 0.15) is 36.5 Å². The Morgan fingerprint density at radius 3 is 2.87 bits per heavy atom. The van der Waals surface area contributed by atoms with Crippen molar-refractivity contribution in [2.24, 2.45) is 12.5 Å². The van der Waals surface area contributed by atoms with Crippen LogP contribution in [0.5, 0.6) is 0 Å². The Morgan fingerprint density at radius 1 is 1.48 bits per heavy atom. The standard InChI is InChI=1S/C16H22N4O3/c1-3-23-15(22)12-7-17-14-11(8-19-20(14)2)13(12)18-9-16(10-21)5-4-6-16/h7-8,21H,3-6,9-10H2,1-2H3,(H,17,18). The number of carbonyl (C=O) groups excluding carboxylic acids is 1. The summed E-state index contributed by atoms with van der Waals surface area (Å²) in [6.07, 6.45) is 6.33. The molecule has 1 aliphatic carbocycles. The fraction of sp³-hybridized carbons (Fsp3) is 0.562. The Kier molecular flexibility index (Phi) is 4.21. The highest BCUT2D eigenvalue weighted by molar-refractivity contribution is 6.04. The van der Waals surface area contributed by atoms with E-state index in [1.165, 1.54) is 6.20 Å². The Morgan fingerprint density at radius 2 is 2.26 bits per heavy atom. The third-order valence-electron chi connectivity index (χ3n) is 4.65. The molecule has 7 nitrogen and oxygen atoms in total. The average molecular weight is 318 g/mol. The number of rotatable bonds is 6. The SMILES string of the molecule is CCOC(=O)c1cnc2c(cnn2C)c1NCC1(CO)CCC1. The Bertz CT molecular complexity index is 716. The van der Waals surface area contributed by atoms with Gasteiger partial charge < -0.3 is 15.2 Å². The minimum absolute atomic E-state index is 0.0935. The maximum atomic E-state index is 12.2. The number of carbonyl (C=O) groups is 1. The van der Waals surface area contributed by atoms with Crippen molar-refractivity contribution in [3.8, 4) is 0 Å². The molecule has 3 rings (SSSR count). The molecule has 1 fully saturated rings. The zero-order valence-corrected chi connectivity index (χ0v) is 13.5. The second kappa shape index (κ2) is 6.16. The highest BCUT2D eigenvalue weighted by Gasteiger charge is 2.36. The lowest BCUT2D eigenvalue weighted by molar-refractivity contribution is 0.0524. The van der Waals surface area contributed by atoms with Crippen molar-refractivity contribution >= 4 is 22.7 Å². The molecule has 0 spiro atoms. The first-order chi connectivity index (χ1) is 11.1. The van der Waals surface area contributed by atoms with E-state index in [-0.39, 0.29) is 12.0 Å². The number of esters is 1. The van der Waals surface area contributed by atoms with Crippen molar-refractivity contribution in [2.45, 2.75) is 26.2 Å². The minimum Gasteiger partial charge on any atom is -0.462 e. The molecule has 1 aliphatic rings. The lowest BCUT2D eigenvalue weighted by atomic mass is 9.69. The van der Waals surface area contributed by atoms with Crippen LogP contribution >= 0.6 is 0 Å². The molecule has 0 saturated heterocycles. The number of hydrogen-bond donors (Lipinski definition) is 2. The van der Waals surface area contributed by atoms with Gasteiger partial charge in [-0.1, -0.05) is 6.42 Å². The van der Waals surface area contributed by atoms with Gasteiger partial charge in [0.05, 0.1) is 30.5 Å². The number of aliphatic hydroxyl groups is 1. The minimum atomic E-state index is -0.403. The van der Waals surface area contributed by atoms with E-state index in [0.717, 1.165) is 24.6 Å². The zero-order valence-electron chi connectivity index (χ0n) is 13.5. The van der Waals surface area contributed by atoms with E-state index in [0.29, 0.717) is 30.0 Å². The summed E-state index contributed by atoms with van der Waals surface area (Å²) in [5.41, 5.74) is 1.69. The summed E-state index contributed by atoms with van der Waals surface area (Å²) >= 11 is 0. The van der Waals surface area contributed by atoms with E-state index in [1.807, 2.05) is 7.05 Å². The molecule has 0 unspecified atom stereocenters. The summed E-state index contributed by atoms with van der Waals surface area (Å²) < 4.78 is 6.79. The number of ether oxygens (including phenoxy) is 1. The molecule has 0 amide bonds. The molecule has 2 aromatic heterocycles. The number of aliphatic hydroxyl groups excluding tert-OH is 1. The molecule has 0 aromatic carbocycles. The van der Waals surface area contributed by atoms with Gasteiger partial charge in [0.1, 0.15) is 5.56 Å². The van der Waals surface area contributed by atoms with Gasteiger partial charge in [0.15, 0.2) is 5.65 Å². The van der Waals surface area contributed by atoms with Crippen LogP contribution in [0.3, 0.4) is 0 Å². The Labute approximate surface area is 134 Å². The van der Waals surface area contributed by atoms with Gasteiger partial charge in [-0.25, -0.2) is 9.78 Å². The van der Waals surface area contributed by atoms with Gasteiger partial charge in [-0.3, -0.25) is 4.68 Å². The Balaban J connectivity index is 1.97. The summed E-state index contributed by atoms with van der Waals surface area (Å²) in [7, 11) is 1.81. The van der Waals surface area contributed by atoms with Crippen LogP contribution < -0.4 is 5.32 Å². The van der Waals surface area contributed by atoms with Gasteiger partial charge in [0.25, 0.3) is 0 Å². The lowest BCUT2D eigenvalue weighted by Gasteiger charge is -2.40. The maximum absolute atomic E-state index is 12.2. The van der Waals surface area contributed by atoms with Gasteiger partial charge in [0, 0.05) is 25.2 Å². The van der Waals surface area contributed by atoms with E-state index in [9.17, 15) is 9.90 Å². The number of hydrogen-bond acceptors (Lipinski definition) is 6. The molecule has 2 heterocycles. The molecule has 0 radical (unpaired) electrons. The largest absolute Gasteiger partial charge is 0.462 e. The summed E-state index contributed by atoms with van der Waals surface area (Å²) in [4.78, 5) is 16.5. The third-order valence-corrected chi connectivity index (χ3v) is 4.65. The molecule has 7 heteroatoms. The lowest BCUT2D eigenvalue weighted by Crippen LogP contribution is -2.40. The topological polar surface area (TPSA) is 89.3 Å². The molecule has 2 N–H and O–H groups in total. The molecule has 2 aromatic rings. The van der Waals surface area contributed by atoms with E-state index in [4.69, 9.17) is 4.74 Å². The number of aryl methyl sites for hydroxylation is 1. The first kappa shape index (κ1) is 15.7. The molecular formula is C16H22N4O3. The van der Waals surface area contributed by atoms with Crippen molar-refractivity contribution in [2.75, 3.05) is 25.1 Å². The summed E-state index contributed by atoms with van der Waals surface area (Å²) in [6.45, 7) is 2.85. The second-order valence-electron chi connectivity index (χ2n) is 6.14. The van der Waals surface area contributed by atoms with Gasteiger partial charge in [-0.05, 0) is 19.8 Å². The van der Waals surface area contributed by atoms with E-state index < -0.39 is 5.97 Å². The first-order valence-electron chi connectivity index (χ1n) is 7.93. The van der Waals surface area contributed by atoms with Crippen LogP contribution in [0.15, 0.2) is 12.4 Å². The number of pyridine rings is 1. The zero-order chi connectivity index (χ0) is 16.4. The normalized spacial score (nSPS) is 16.1. The Hall–Kier alpha value is -2.15. The smallest absolute Gasteiger partial charge is 0.341 e. The van der Waals surface area contributed by atoms with Gasteiger partial charge in [-0.2, -0.15) is 5.10 Å². The summed E-state index contributed by atoms with van der Waals surface area (Å²) in [5.74, 6) is -0.403. The van der Waals surface area contributed by atoms with E-state index >= 15 is 0 Å². The predicted octanol–water partition coefficient (Wildman–Crippen LogP) is 1.72. The molecule has 0 atom stereocenters. The fourth-order valence-electron chi connectivity index (χ4n) is 2.99. The van der Waals surface area contributed by atoms with Gasteiger partial charge >= 0.3 is 5.97 Å². The number of nitrogens with one attached hydrogen (secondary N) is 1. The molecule has 0 aliphatic heterocycles. The number of fused-ring (bicyclic) bond motifs is 1. The maximum Gasteiger partial charge on any atom is 0.341 e. The quantitative estimate of drug-likeness (QED) is 0.788. The van der Waals surface area contributed by atoms with Crippen molar-refractivity contribution in [3.63, 3.8) is 0 Å².